The van der Waals surface area contributed by atoms with Gasteiger partial charge in [-0.15, -0.1) is 0 Å². The van der Waals surface area contributed by atoms with E-state index in [1.807, 2.05) is 48.5 Å². The molecule has 362 valence electrons. The van der Waals surface area contributed by atoms with Crippen LogP contribution < -0.4 is 18.9 Å². The van der Waals surface area contributed by atoms with E-state index in [9.17, 15) is 9.59 Å². The number of carbonyl (C=O) groups is 2. The first-order chi connectivity index (χ1) is 32.9. The van der Waals surface area contributed by atoms with Crippen LogP contribution >= 0.6 is 31.9 Å². The van der Waals surface area contributed by atoms with E-state index >= 15 is 0 Å². The van der Waals surface area contributed by atoms with Gasteiger partial charge >= 0.3 is 11.9 Å². The highest BCUT2D eigenvalue weighted by molar-refractivity contribution is 9.10. The van der Waals surface area contributed by atoms with Crippen molar-refractivity contribution in [3.8, 4) is 34.1 Å². The molecular weight excluding hydrogens is 1000 g/mol. The van der Waals surface area contributed by atoms with Crippen molar-refractivity contribution in [1.82, 2.24) is 0 Å². The van der Waals surface area contributed by atoms with Crippen LogP contribution in [0.25, 0.3) is 11.1 Å². The van der Waals surface area contributed by atoms with E-state index in [4.69, 9.17) is 66.3 Å². The topological polar surface area (TPSA) is 163 Å². The number of halogens is 2. The standard InChI is InChI=1S/C49H56Br2O16/c1-54-47(52)39-27-33(29-43-45(39)66-25-21-62-17-13-58-9-7-56-11-15-60-19-23-64-43)49(41-31-35(50)3-5-37(41)38-6-4-36(51)32-42(38)49)34-28-40(48(53)55-2)46-44(30-34)65-24-20-61-16-12-57-8-10-59-14-18-63-22-26-67-46/h3-6,27-32H,7-26H2,1-2H3. The SMILES string of the molecule is COC(=O)c1cc(C2(c3cc4c(c(C(=O)OC)c3)OCCOCCOCCOCCOCCO4)c3cc(Br)ccc3-c3ccc(Br)cc32)cc2c1OCCOCCOCCOCCOCCO2. The molecule has 0 unspecified atom stereocenters. The molecule has 3 aliphatic rings. The second kappa shape index (κ2) is 25.9. The van der Waals surface area contributed by atoms with Gasteiger partial charge in [0.05, 0.1) is 125 Å². The Bertz CT molecular complexity index is 2110. The molecule has 0 amide bonds. The largest absolute Gasteiger partial charge is 0.487 e. The van der Waals surface area contributed by atoms with Gasteiger partial charge < -0.3 is 66.3 Å². The number of fused-ring (bicyclic) bond motifs is 5. The highest BCUT2D eigenvalue weighted by Gasteiger charge is 2.48. The minimum Gasteiger partial charge on any atom is -0.487 e. The number of rotatable bonds is 4. The molecule has 4 aromatic rings. The maximum absolute atomic E-state index is 14.1. The number of benzene rings is 4. The third-order valence-corrected chi connectivity index (χ3v) is 12.0. The summed E-state index contributed by atoms with van der Waals surface area (Å²) in [6.45, 7) is 5.69. The Hall–Kier alpha value is -4.34. The maximum atomic E-state index is 14.1. The van der Waals surface area contributed by atoms with Crippen LogP contribution in [0.1, 0.15) is 43.0 Å². The van der Waals surface area contributed by atoms with Crippen molar-refractivity contribution in [2.75, 3.05) is 146 Å². The van der Waals surface area contributed by atoms with E-state index in [-0.39, 0.29) is 87.0 Å². The Balaban J connectivity index is 1.45. The molecule has 0 spiro atoms. The normalized spacial score (nSPS) is 18.4. The van der Waals surface area contributed by atoms with Crippen molar-refractivity contribution in [1.29, 1.82) is 0 Å². The molecule has 16 nitrogen and oxygen atoms in total. The van der Waals surface area contributed by atoms with Gasteiger partial charge in [0.1, 0.15) is 37.6 Å². The Morgan fingerprint density at radius 2 is 0.716 bits per heavy atom. The molecule has 0 atom stereocenters. The highest BCUT2D eigenvalue weighted by atomic mass is 79.9. The summed E-state index contributed by atoms with van der Waals surface area (Å²) in [4.78, 5) is 28.2. The van der Waals surface area contributed by atoms with Gasteiger partial charge in [0, 0.05) is 8.95 Å². The molecule has 0 saturated carbocycles. The number of hydrogen-bond acceptors (Lipinski definition) is 16. The summed E-state index contributed by atoms with van der Waals surface area (Å²) in [7, 11) is 2.62. The predicted molar refractivity (Wildman–Crippen MR) is 250 cm³/mol. The molecule has 0 N–H and O–H groups in total. The lowest BCUT2D eigenvalue weighted by molar-refractivity contribution is -0.00850. The van der Waals surface area contributed by atoms with Crippen molar-refractivity contribution in [3.63, 3.8) is 0 Å². The number of esters is 2. The molecule has 1 aliphatic carbocycles. The molecule has 2 heterocycles. The lowest BCUT2D eigenvalue weighted by atomic mass is 9.67. The van der Waals surface area contributed by atoms with Gasteiger partial charge in [-0.3, -0.25) is 0 Å². The summed E-state index contributed by atoms with van der Waals surface area (Å²) < 4.78 is 84.1. The van der Waals surface area contributed by atoms with Crippen molar-refractivity contribution in [2.24, 2.45) is 0 Å². The van der Waals surface area contributed by atoms with Crippen molar-refractivity contribution >= 4 is 43.8 Å². The van der Waals surface area contributed by atoms with Gasteiger partial charge in [-0.25, -0.2) is 9.59 Å². The fourth-order valence-electron chi connectivity index (χ4n) is 8.08. The predicted octanol–water partition coefficient (Wildman–Crippen LogP) is 6.82. The Labute approximate surface area is 406 Å². The van der Waals surface area contributed by atoms with Crippen LogP contribution in [-0.2, 0) is 52.8 Å². The summed E-state index contributed by atoms with van der Waals surface area (Å²) in [5, 5.41) is 0. The van der Waals surface area contributed by atoms with Gasteiger partial charge in [-0.2, -0.15) is 0 Å². The summed E-state index contributed by atoms with van der Waals surface area (Å²) in [5.41, 5.74) is 3.50. The molecule has 7 rings (SSSR count). The van der Waals surface area contributed by atoms with Gasteiger partial charge in [-0.05, 0) is 81.9 Å². The summed E-state index contributed by atoms with van der Waals surface area (Å²) >= 11 is 7.54. The molecule has 0 saturated heterocycles. The average molecular weight is 1060 g/mol. The molecule has 0 fully saturated rings. The minimum atomic E-state index is -1.30. The number of ether oxygens (including phenoxy) is 14. The van der Waals surface area contributed by atoms with Crippen molar-refractivity contribution in [3.05, 3.63) is 103 Å². The second-order valence-electron chi connectivity index (χ2n) is 15.1. The zero-order chi connectivity index (χ0) is 46.9. The molecular formula is C49H56Br2O16. The van der Waals surface area contributed by atoms with Crippen LogP contribution in [0.3, 0.4) is 0 Å². The Morgan fingerprint density at radius 3 is 1.03 bits per heavy atom. The van der Waals surface area contributed by atoms with Gasteiger partial charge in [0.25, 0.3) is 0 Å². The van der Waals surface area contributed by atoms with E-state index < -0.39 is 17.4 Å². The highest BCUT2D eigenvalue weighted by Crippen LogP contribution is 2.59. The molecule has 0 radical (unpaired) electrons. The molecule has 18 heteroatoms. The number of carbonyl (C=O) groups excluding carboxylic acids is 2. The van der Waals surface area contributed by atoms with Crippen LogP contribution in [0.5, 0.6) is 23.0 Å². The number of hydrogen-bond donors (Lipinski definition) is 0. The Kier molecular flexibility index (Phi) is 19.5. The Morgan fingerprint density at radius 1 is 0.418 bits per heavy atom. The second-order valence-corrected chi connectivity index (χ2v) is 16.9. The van der Waals surface area contributed by atoms with E-state index in [0.717, 1.165) is 31.2 Å². The third kappa shape index (κ3) is 12.7. The van der Waals surface area contributed by atoms with Gasteiger partial charge in [-0.1, -0.05) is 44.0 Å². The molecule has 2 aliphatic heterocycles. The van der Waals surface area contributed by atoms with E-state index in [1.165, 1.54) is 14.2 Å². The first-order valence-corrected chi connectivity index (χ1v) is 23.7. The lowest BCUT2D eigenvalue weighted by Crippen LogP contribution is -2.30. The molecule has 0 aromatic heterocycles. The summed E-state index contributed by atoms with van der Waals surface area (Å²) in [6.07, 6.45) is 0. The van der Waals surface area contributed by atoms with Crippen LogP contribution in [-0.4, -0.2) is 158 Å². The van der Waals surface area contributed by atoms with Crippen LogP contribution in [0.4, 0.5) is 0 Å². The number of methoxy groups -OCH3 is 2. The zero-order valence-electron chi connectivity index (χ0n) is 37.7. The van der Waals surface area contributed by atoms with E-state index in [2.05, 4.69) is 31.9 Å². The van der Waals surface area contributed by atoms with Crippen LogP contribution in [0, 0.1) is 0 Å². The van der Waals surface area contributed by atoms with Gasteiger partial charge in [0.15, 0.2) is 23.0 Å². The van der Waals surface area contributed by atoms with Crippen molar-refractivity contribution < 1.29 is 75.9 Å². The smallest absolute Gasteiger partial charge is 0.341 e. The van der Waals surface area contributed by atoms with Crippen LogP contribution in [0.2, 0.25) is 0 Å². The van der Waals surface area contributed by atoms with Gasteiger partial charge in [0.2, 0.25) is 0 Å². The van der Waals surface area contributed by atoms with Crippen molar-refractivity contribution in [2.45, 2.75) is 5.41 Å². The lowest BCUT2D eigenvalue weighted by Gasteiger charge is -2.35. The van der Waals surface area contributed by atoms with Crippen LogP contribution in [0.15, 0.2) is 69.6 Å². The van der Waals surface area contributed by atoms with E-state index in [0.29, 0.717) is 90.4 Å². The first kappa shape index (κ1) is 50.5. The first-order valence-electron chi connectivity index (χ1n) is 22.1. The minimum absolute atomic E-state index is 0.0796. The summed E-state index contributed by atoms with van der Waals surface area (Å²) in [5.74, 6) is -0.529. The zero-order valence-corrected chi connectivity index (χ0v) is 40.9. The quantitative estimate of drug-likeness (QED) is 0.172. The maximum Gasteiger partial charge on any atom is 0.341 e. The average Bonchev–Trinajstić information content (AvgIpc) is 3.61. The monoisotopic (exact) mass is 1060 g/mol. The molecule has 4 aromatic carbocycles. The fourth-order valence-corrected chi connectivity index (χ4v) is 8.80. The fraction of sp³-hybridized carbons (Fsp3) is 0.469. The van der Waals surface area contributed by atoms with E-state index in [1.54, 1.807) is 12.1 Å². The molecule has 67 heavy (non-hydrogen) atoms. The third-order valence-electron chi connectivity index (χ3n) is 11.0. The molecule has 0 bridgehead atoms. The summed E-state index contributed by atoms with van der Waals surface area (Å²) in [6, 6.07) is 19.3.